The van der Waals surface area contributed by atoms with Crippen LogP contribution in [0.25, 0.3) is 0 Å². The summed E-state index contributed by atoms with van der Waals surface area (Å²) in [5.74, 6) is 0. The summed E-state index contributed by atoms with van der Waals surface area (Å²) < 4.78 is 0. The molecule has 1 aromatic rings. The summed E-state index contributed by atoms with van der Waals surface area (Å²) in [5, 5.41) is 0. The van der Waals surface area contributed by atoms with Crippen molar-refractivity contribution >= 4 is 6.29 Å². The van der Waals surface area contributed by atoms with Crippen LogP contribution >= 0.6 is 0 Å². The average molecular weight is 210 g/mol. The van der Waals surface area contributed by atoms with Crippen molar-refractivity contribution < 1.29 is 37.5 Å². The molecule has 0 aliphatic carbocycles. The Bertz CT molecular complexity index is 112. The zero-order valence-corrected chi connectivity index (χ0v) is 8.53. The minimum absolute atomic E-state index is 0. The summed E-state index contributed by atoms with van der Waals surface area (Å²) in [6.07, 6.45) is 0.750. The fraction of sp³-hybridized carbons (Fsp3) is 0. The van der Waals surface area contributed by atoms with Crippen molar-refractivity contribution in [2.45, 2.75) is 0 Å². The van der Waals surface area contributed by atoms with Gasteiger partial charge in [-0.15, -0.1) is 0 Å². The van der Waals surface area contributed by atoms with Crippen LogP contribution in [0.1, 0.15) is 0 Å². The van der Waals surface area contributed by atoms with Crippen molar-refractivity contribution in [2.24, 2.45) is 0 Å². The number of hydrogen-bond acceptors (Lipinski definition) is 0. The molecule has 0 spiro atoms. The van der Waals surface area contributed by atoms with Gasteiger partial charge in [-0.25, -0.2) is 0 Å². The van der Waals surface area contributed by atoms with E-state index < -0.39 is 0 Å². The predicted octanol–water partition coefficient (Wildman–Crippen LogP) is 1.48. The summed E-state index contributed by atoms with van der Waals surface area (Å²) in [7, 11) is 0. The molecular weight excluding hydrogens is 201 g/mol. The number of carbonyl (C=O) groups excluding carboxylic acids is 1. The van der Waals surface area contributed by atoms with Gasteiger partial charge in [0.15, 0.2) is 6.29 Å². The Hall–Kier alpha value is -0.136. The van der Waals surface area contributed by atoms with Gasteiger partial charge in [0.25, 0.3) is 0 Å². The molecule has 0 fully saturated rings. The maximum absolute atomic E-state index is 7.33. The Morgan fingerprint density at radius 3 is 1.70 bits per heavy atom. The Kier molecular flexibility index (Phi) is 14.6. The van der Waals surface area contributed by atoms with Crippen molar-refractivity contribution in [3.05, 3.63) is 43.3 Å². The Morgan fingerprint density at radius 2 is 1.60 bits per heavy atom. The molecular formula is C8H9OY-. The predicted molar refractivity (Wildman–Crippen MR) is 38.6 cm³/mol. The number of aldehydes is 1. The molecule has 0 unspecified atom stereocenters. The topological polar surface area (TPSA) is 21.4 Å². The Labute approximate surface area is 86.7 Å². The molecule has 1 rings (SSSR count). The van der Waals surface area contributed by atoms with Gasteiger partial charge in [0.2, 0.25) is 0 Å². The van der Waals surface area contributed by atoms with E-state index in [1.807, 2.05) is 30.3 Å². The summed E-state index contributed by atoms with van der Waals surface area (Å²) in [4.78, 5) is 7.33. The van der Waals surface area contributed by atoms with Crippen molar-refractivity contribution in [2.75, 3.05) is 0 Å². The second-order valence-corrected chi connectivity index (χ2v) is 1.26. The number of rotatable bonds is 0. The van der Waals surface area contributed by atoms with Gasteiger partial charge in [-0.3, -0.25) is 6.92 Å². The standard InChI is InChI=1S/C6H5.C2H3O.Y/c1-2-4-6-5-3-1;1-2-3;/h1-5H;2H,1H2;/q2*-1;/p+1. The monoisotopic (exact) mass is 210 g/mol. The Balaban J connectivity index is 0. The molecule has 1 radical (unpaired) electrons. The Morgan fingerprint density at radius 1 is 1.20 bits per heavy atom. The van der Waals surface area contributed by atoms with Crippen LogP contribution in [0.2, 0.25) is 0 Å². The summed E-state index contributed by atoms with van der Waals surface area (Å²) in [5.41, 5.74) is 0. The van der Waals surface area contributed by atoms with E-state index >= 15 is 0 Å². The molecule has 10 heavy (non-hydrogen) atoms. The first kappa shape index (κ1) is 12.5. The van der Waals surface area contributed by atoms with E-state index in [0.717, 1.165) is 6.29 Å². The van der Waals surface area contributed by atoms with Gasteiger partial charge < -0.3 is 4.79 Å². The van der Waals surface area contributed by atoms with Crippen LogP contribution in [0.5, 0.6) is 0 Å². The molecule has 0 aromatic heterocycles. The molecule has 0 heterocycles. The van der Waals surface area contributed by atoms with E-state index in [1.165, 1.54) is 0 Å². The zero-order chi connectivity index (χ0) is 6.95. The minimum atomic E-state index is 0. The van der Waals surface area contributed by atoms with E-state index in [0.29, 0.717) is 0 Å². The van der Waals surface area contributed by atoms with Gasteiger partial charge in [0.05, 0.1) is 0 Å². The van der Waals surface area contributed by atoms with E-state index in [-0.39, 0.29) is 32.7 Å². The second-order valence-electron chi connectivity index (χ2n) is 1.26. The largest absolute Gasteiger partial charge is 0.320 e. The van der Waals surface area contributed by atoms with Crippen LogP contribution in [0.15, 0.2) is 30.3 Å². The van der Waals surface area contributed by atoms with Gasteiger partial charge in [0.1, 0.15) is 0 Å². The van der Waals surface area contributed by atoms with Gasteiger partial charge in [-0.2, -0.15) is 36.4 Å². The van der Waals surface area contributed by atoms with E-state index in [9.17, 15) is 0 Å². The molecule has 0 amide bonds. The SMILES string of the molecule is [CH2-]C=[OH+].[Y].[c-]1ccccc1. The normalized spacial score (nSPS) is 6.00. The third-order valence-electron chi connectivity index (χ3n) is 0.607. The summed E-state index contributed by atoms with van der Waals surface area (Å²) >= 11 is 0. The molecule has 1 aromatic carbocycles. The fourth-order valence-corrected chi connectivity index (χ4v) is 0.342. The van der Waals surface area contributed by atoms with Crippen LogP contribution in [0, 0.1) is 13.0 Å². The maximum Gasteiger partial charge on any atom is 0.152 e. The smallest absolute Gasteiger partial charge is 0.152 e. The summed E-state index contributed by atoms with van der Waals surface area (Å²) in [6, 6.07) is 12.5. The zero-order valence-electron chi connectivity index (χ0n) is 5.70. The molecule has 0 aliphatic heterocycles. The van der Waals surface area contributed by atoms with E-state index in [2.05, 4.69) is 13.0 Å². The van der Waals surface area contributed by atoms with Crippen LogP contribution in [0.3, 0.4) is 0 Å². The van der Waals surface area contributed by atoms with Crippen molar-refractivity contribution in [3.8, 4) is 0 Å². The maximum atomic E-state index is 7.33. The van der Waals surface area contributed by atoms with Gasteiger partial charge in [0, 0.05) is 32.7 Å². The van der Waals surface area contributed by atoms with Crippen LogP contribution in [-0.2, 0) is 32.7 Å². The van der Waals surface area contributed by atoms with Crippen LogP contribution in [0.4, 0.5) is 0 Å². The van der Waals surface area contributed by atoms with Crippen molar-refractivity contribution in [1.82, 2.24) is 0 Å². The molecule has 1 nitrogen and oxygen atoms in total. The van der Waals surface area contributed by atoms with Crippen molar-refractivity contribution in [3.63, 3.8) is 0 Å². The molecule has 51 valence electrons. The molecule has 0 saturated heterocycles. The third-order valence-corrected chi connectivity index (χ3v) is 0.607. The molecule has 2 heteroatoms. The molecule has 0 bridgehead atoms. The molecule has 1 N–H and O–H groups in total. The summed E-state index contributed by atoms with van der Waals surface area (Å²) in [6.45, 7) is 2.92. The third kappa shape index (κ3) is 10.8. The number of hydrogen-bond donors (Lipinski definition) is 0. The van der Waals surface area contributed by atoms with E-state index in [4.69, 9.17) is 4.79 Å². The minimum Gasteiger partial charge on any atom is -0.320 e. The first-order valence-electron chi connectivity index (χ1n) is 2.58. The van der Waals surface area contributed by atoms with Gasteiger partial charge in [-0.1, -0.05) is 0 Å². The first-order chi connectivity index (χ1) is 4.41. The first-order valence-corrected chi connectivity index (χ1v) is 2.58. The fourth-order valence-electron chi connectivity index (χ4n) is 0.342. The number of benzene rings is 1. The second kappa shape index (κ2) is 11.6. The molecule has 0 atom stereocenters. The van der Waals surface area contributed by atoms with E-state index in [1.54, 1.807) is 0 Å². The van der Waals surface area contributed by atoms with Gasteiger partial charge >= 0.3 is 0 Å². The van der Waals surface area contributed by atoms with Crippen molar-refractivity contribution in [1.29, 1.82) is 0 Å². The molecule has 0 saturated carbocycles. The van der Waals surface area contributed by atoms with Gasteiger partial charge in [-0.05, 0) is 0 Å². The molecule has 0 aliphatic rings. The average Bonchev–Trinajstić information content (AvgIpc) is 1.93. The quantitative estimate of drug-likeness (QED) is 0.351. The van der Waals surface area contributed by atoms with Crippen LogP contribution in [-0.4, -0.2) is 11.1 Å². The van der Waals surface area contributed by atoms with Crippen LogP contribution < -0.4 is 0 Å².